The van der Waals surface area contributed by atoms with Crippen molar-refractivity contribution in [2.24, 2.45) is 11.8 Å². The largest absolute Gasteiger partial charge is 0.481 e. The summed E-state index contributed by atoms with van der Waals surface area (Å²) >= 11 is 6.18. The number of alkyl halides is 1. The number of carbonyl (C=O) groups is 2. The molecule has 0 aromatic carbocycles. The number of amides is 1. The van der Waals surface area contributed by atoms with Crippen LogP contribution in [0.2, 0.25) is 0 Å². The zero-order valence-corrected chi connectivity index (χ0v) is 15.3. The molecule has 0 aliphatic heterocycles. The SMILES string of the molecule is COC1CC(Cl)CCC1C(=O)NC1CCC(CCCC(=O)O)CC1. The Bertz CT molecular complexity index is 423. The number of hydrogen-bond donors (Lipinski definition) is 2. The van der Waals surface area contributed by atoms with Crippen molar-refractivity contribution in [2.75, 3.05) is 7.11 Å². The van der Waals surface area contributed by atoms with Crippen molar-refractivity contribution < 1.29 is 19.4 Å². The number of carboxylic acids is 1. The Kier molecular flexibility index (Phi) is 7.82. The van der Waals surface area contributed by atoms with Gasteiger partial charge in [0.2, 0.25) is 5.91 Å². The van der Waals surface area contributed by atoms with Crippen molar-refractivity contribution >= 4 is 23.5 Å². The van der Waals surface area contributed by atoms with Crippen LogP contribution in [-0.4, -0.2) is 41.6 Å². The minimum absolute atomic E-state index is 0.0754. The van der Waals surface area contributed by atoms with Crippen LogP contribution in [0.5, 0.6) is 0 Å². The topological polar surface area (TPSA) is 75.6 Å². The summed E-state index contributed by atoms with van der Waals surface area (Å²) in [5, 5.41) is 12.0. The summed E-state index contributed by atoms with van der Waals surface area (Å²) in [5.74, 6) is -0.0794. The molecule has 0 heterocycles. The highest BCUT2D eigenvalue weighted by Crippen LogP contribution is 2.32. The lowest BCUT2D eigenvalue weighted by Gasteiger charge is -2.34. The Hall–Kier alpha value is -0.810. The fourth-order valence-corrected chi connectivity index (χ4v) is 4.39. The monoisotopic (exact) mass is 359 g/mol. The van der Waals surface area contributed by atoms with Crippen LogP contribution < -0.4 is 5.32 Å². The van der Waals surface area contributed by atoms with Gasteiger partial charge >= 0.3 is 5.97 Å². The minimum atomic E-state index is -0.713. The van der Waals surface area contributed by atoms with Gasteiger partial charge in [-0.2, -0.15) is 0 Å². The van der Waals surface area contributed by atoms with Crippen molar-refractivity contribution in [1.82, 2.24) is 5.32 Å². The van der Waals surface area contributed by atoms with Crippen LogP contribution in [0.3, 0.4) is 0 Å². The van der Waals surface area contributed by atoms with Gasteiger partial charge in [-0.1, -0.05) is 0 Å². The summed E-state index contributed by atoms with van der Waals surface area (Å²) in [4.78, 5) is 23.1. The molecule has 0 saturated heterocycles. The zero-order valence-electron chi connectivity index (χ0n) is 14.5. The van der Waals surface area contributed by atoms with Gasteiger partial charge < -0.3 is 15.2 Å². The molecule has 0 aromatic heterocycles. The van der Waals surface area contributed by atoms with E-state index in [9.17, 15) is 9.59 Å². The van der Waals surface area contributed by atoms with E-state index >= 15 is 0 Å². The maximum absolute atomic E-state index is 12.6. The van der Waals surface area contributed by atoms with Crippen molar-refractivity contribution in [2.45, 2.75) is 81.7 Å². The molecule has 6 heteroatoms. The Labute approximate surface area is 149 Å². The molecule has 2 aliphatic carbocycles. The lowest BCUT2D eigenvalue weighted by Crippen LogP contribution is -2.46. The lowest BCUT2D eigenvalue weighted by molar-refractivity contribution is -0.137. The first kappa shape index (κ1) is 19.5. The van der Waals surface area contributed by atoms with Crippen molar-refractivity contribution in [3.8, 4) is 0 Å². The fourth-order valence-electron chi connectivity index (χ4n) is 4.09. The number of nitrogens with one attached hydrogen (secondary N) is 1. The lowest BCUT2D eigenvalue weighted by atomic mass is 9.82. The zero-order chi connectivity index (χ0) is 17.5. The van der Waals surface area contributed by atoms with Crippen molar-refractivity contribution in [3.63, 3.8) is 0 Å². The van der Waals surface area contributed by atoms with E-state index in [4.69, 9.17) is 21.4 Å². The van der Waals surface area contributed by atoms with Crippen molar-refractivity contribution in [1.29, 1.82) is 0 Å². The average molecular weight is 360 g/mol. The Morgan fingerprint density at radius 1 is 1.17 bits per heavy atom. The quantitative estimate of drug-likeness (QED) is 0.683. The van der Waals surface area contributed by atoms with E-state index in [1.807, 2.05) is 0 Å². The number of methoxy groups -OCH3 is 1. The molecule has 1 amide bonds. The van der Waals surface area contributed by atoms with E-state index in [2.05, 4.69) is 5.32 Å². The van der Waals surface area contributed by atoms with Gasteiger partial charge in [0.25, 0.3) is 0 Å². The number of carboxylic acid groups (broad SMARTS) is 1. The molecule has 3 atom stereocenters. The summed E-state index contributed by atoms with van der Waals surface area (Å²) in [6.07, 6.45) is 8.47. The van der Waals surface area contributed by atoms with Crippen LogP contribution in [0.25, 0.3) is 0 Å². The molecule has 2 fully saturated rings. The molecule has 0 spiro atoms. The number of hydrogen-bond acceptors (Lipinski definition) is 3. The summed E-state index contributed by atoms with van der Waals surface area (Å²) in [6, 6.07) is 0.249. The molecule has 138 valence electrons. The van der Waals surface area contributed by atoms with E-state index in [1.165, 1.54) is 0 Å². The highest BCUT2D eigenvalue weighted by molar-refractivity contribution is 6.20. The first-order valence-electron chi connectivity index (χ1n) is 9.18. The van der Waals surface area contributed by atoms with Crippen LogP contribution in [0.4, 0.5) is 0 Å². The Morgan fingerprint density at radius 3 is 2.50 bits per heavy atom. The van der Waals surface area contributed by atoms with Crippen LogP contribution in [0.15, 0.2) is 0 Å². The second kappa shape index (κ2) is 9.62. The van der Waals surface area contributed by atoms with Crippen LogP contribution in [-0.2, 0) is 14.3 Å². The highest BCUT2D eigenvalue weighted by atomic mass is 35.5. The normalized spacial score (nSPS) is 33.8. The van der Waals surface area contributed by atoms with Gasteiger partial charge in [0.1, 0.15) is 0 Å². The summed E-state index contributed by atoms with van der Waals surface area (Å²) < 4.78 is 5.47. The van der Waals surface area contributed by atoms with Crippen LogP contribution >= 0.6 is 11.6 Å². The molecule has 0 aromatic rings. The first-order chi connectivity index (χ1) is 11.5. The first-order valence-corrected chi connectivity index (χ1v) is 9.62. The van der Waals surface area contributed by atoms with E-state index in [0.29, 0.717) is 5.92 Å². The minimum Gasteiger partial charge on any atom is -0.481 e. The molecule has 5 nitrogen and oxygen atoms in total. The van der Waals surface area contributed by atoms with Gasteiger partial charge in [-0.05, 0) is 63.7 Å². The van der Waals surface area contributed by atoms with Crippen LogP contribution in [0.1, 0.15) is 64.2 Å². The molecule has 2 aliphatic rings. The fraction of sp³-hybridized carbons (Fsp3) is 0.889. The predicted octanol–water partition coefficient (Wildman–Crippen LogP) is 3.34. The summed E-state index contributed by atoms with van der Waals surface area (Å²) in [5.41, 5.74) is 0. The maximum atomic E-state index is 12.6. The predicted molar refractivity (Wildman–Crippen MR) is 93.2 cm³/mol. The number of aliphatic carboxylic acids is 1. The Balaban J connectivity index is 1.71. The van der Waals surface area contributed by atoms with Crippen LogP contribution in [0, 0.1) is 11.8 Å². The molecule has 2 rings (SSSR count). The van der Waals surface area contributed by atoms with Gasteiger partial charge in [0.05, 0.1) is 12.0 Å². The molecule has 3 unspecified atom stereocenters. The van der Waals surface area contributed by atoms with E-state index < -0.39 is 5.97 Å². The number of halogens is 1. The second-order valence-electron chi connectivity index (χ2n) is 7.30. The molecular weight excluding hydrogens is 330 g/mol. The average Bonchev–Trinajstić information content (AvgIpc) is 2.55. The molecule has 2 N–H and O–H groups in total. The second-order valence-corrected chi connectivity index (χ2v) is 7.92. The molecular formula is C18H30ClNO4. The Morgan fingerprint density at radius 2 is 1.88 bits per heavy atom. The summed E-state index contributed by atoms with van der Waals surface area (Å²) in [7, 11) is 1.65. The number of carbonyl (C=O) groups excluding carboxylic acids is 1. The van der Waals surface area contributed by atoms with E-state index in [0.717, 1.165) is 57.8 Å². The molecule has 24 heavy (non-hydrogen) atoms. The van der Waals surface area contributed by atoms with Gasteiger partial charge in [0, 0.05) is 24.9 Å². The van der Waals surface area contributed by atoms with E-state index in [-0.39, 0.29) is 35.8 Å². The third kappa shape index (κ3) is 5.92. The standard InChI is InChI=1S/C18H30ClNO4/c1-24-16-11-13(19)7-10-15(16)18(23)20-14-8-5-12(6-9-14)3-2-4-17(21)22/h12-16H,2-11H2,1H3,(H,20,23)(H,21,22). The number of ether oxygens (including phenoxy) is 1. The summed E-state index contributed by atoms with van der Waals surface area (Å²) in [6.45, 7) is 0. The maximum Gasteiger partial charge on any atom is 0.303 e. The van der Waals surface area contributed by atoms with Crippen molar-refractivity contribution in [3.05, 3.63) is 0 Å². The molecule has 0 radical (unpaired) electrons. The smallest absolute Gasteiger partial charge is 0.303 e. The highest BCUT2D eigenvalue weighted by Gasteiger charge is 2.35. The number of rotatable bonds is 7. The molecule has 2 saturated carbocycles. The van der Waals surface area contributed by atoms with Gasteiger partial charge in [-0.15, -0.1) is 11.6 Å². The van der Waals surface area contributed by atoms with E-state index in [1.54, 1.807) is 7.11 Å². The third-order valence-corrected chi connectivity index (χ3v) is 5.96. The molecule has 0 bridgehead atoms. The third-order valence-electron chi connectivity index (χ3n) is 5.56. The van der Waals surface area contributed by atoms with Gasteiger partial charge in [-0.3, -0.25) is 9.59 Å². The van der Waals surface area contributed by atoms with Gasteiger partial charge in [0.15, 0.2) is 0 Å². The van der Waals surface area contributed by atoms with Gasteiger partial charge in [-0.25, -0.2) is 0 Å².